The Kier molecular flexibility index (Phi) is 6.65. The van der Waals surface area contributed by atoms with Gasteiger partial charge in [0.15, 0.2) is 0 Å². The van der Waals surface area contributed by atoms with Gasteiger partial charge in [-0.3, -0.25) is 14.6 Å². The molecular formula is C21H26ClN3O2S. The number of morpholine rings is 1. The Bertz CT molecular complexity index is 771. The molecule has 1 aromatic carbocycles. The number of hydrogen-bond acceptors (Lipinski definition) is 5. The van der Waals surface area contributed by atoms with Gasteiger partial charge < -0.3 is 9.64 Å². The molecule has 0 bridgehead atoms. The van der Waals surface area contributed by atoms with Crippen molar-refractivity contribution in [3.05, 3.63) is 57.2 Å². The first-order chi connectivity index (χ1) is 13.7. The molecule has 28 heavy (non-hydrogen) atoms. The SMILES string of the molecule is O=C(C(c1ccccc1)N1CCN(Cc2ccc(Cl)s2)CC1)N1CCOCC1. The molecule has 1 aromatic heterocycles. The lowest BCUT2D eigenvalue weighted by Gasteiger charge is -2.41. The lowest BCUT2D eigenvalue weighted by molar-refractivity contribution is -0.142. The molecular weight excluding hydrogens is 394 g/mol. The molecule has 1 amide bonds. The van der Waals surface area contributed by atoms with Crippen molar-refractivity contribution in [2.75, 3.05) is 52.5 Å². The van der Waals surface area contributed by atoms with Gasteiger partial charge >= 0.3 is 0 Å². The summed E-state index contributed by atoms with van der Waals surface area (Å²) in [6.45, 7) is 7.23. The highest BCUT2D eigenvalue weighted by molar-refractivity contribution is 7.16. The number of benzene rings is 1. The summed E-state index contributed by atoms with van der Waals surface area (Å²) >= 11 is 7.71. The minimum atomic E-state index is -0.211. The molecule has 0 spiro atoms. The summed E-state index contributed by atoms with van der Waals surface area (Å²) in [5.74, 6) is 0.202. The Morgan fingerprint density at radius 3 is 2.36 bits per heavy atom. The predicted molar refractivity (Wildman–Crippen MR) is 113 cm³/mol. The first-order valence-electron chi connectivity index (χ1n) is 9.83. The lowest BCUT2D eigenvalue weighted by Crippen LogP contribution is -2.52. The van der Waals surface area contributed by atoms with E-state index in [1.54, 1.807) is 11.3 Å². The molecule has 0 radical (unpaired) electrons. The molecule has 2 fully saturated rings. The monoisotopic (exact) mass is 419 g/mol. The maximum atomic E-state index is 13.4. The first-order valence-corrected chi connectivity index (χ1v) is 11.0. The fourth-order valence-electron chi connectivity index (χ4n) is 3.94. The average molecular weight is 420 g/mol. The molecule has 2 aliphatic rings. The van der Waals surface area contributed by atoms with Gasteiger partial charge in [0.2, 0.25) is 5.91 Å². The van der Waals surface area contributed by atoms with Crippen molar-refractivity contribution in [3.63, 3.8) is 0 Å². The van der Waals surface area contributed by atoms with Crippen molar-refractivity contribution in [2.24, 2.45) is 0 Å². The number of thiophene rings is 1. The zero-order chi connectivity index (χ0) is 19.3. The van der Waals surface area contributed by atoms with Crippen LogP contribution in [0.5, 0.6) is 0 Å². The van der Waals surface area contributed by atoms with Gasteiger partial charge in [-0.15, -0.1) is 11.3 Å². The second kappa shape index (κ2) is 9.37. The minimum Gasteiger partial charge on any atom is -0.378 e. The Hall–Kier alpha value is -1.44. The van der Waals surface area contributed by atoms with Crippen LogP contribution in [0, 0.1) is 0 Å². The van der Waals surface area contributed by atoms with Crippen molar-refractivity contribution in [2.45, 2.75) is 12.6 Å². The molecule has 0 N–H and O–H groups in total. The average Bonchev–Trinajstić information content (AvgIpc) is 3.15. The second-order valence-electron chi connectivity index (χ2n) is 7.27. The molecule has 2 saturated heterocycles. The van der Waals surface area contributed by atoms with Gasteiger partial charge in [-0.2, -0.15) is 0 Å². The van der Waals surface area contributed by atoms with Crippen LogP contribution in [0.15, 0.2) is 42.5 Å². The molecule has 1 unspecified atom stereocenters. The summed E-state index contributed by atoms with van der Waals surface area (Å²) in [5.41, 5.74) is 1.08. The van der Waals surface area contributed by atoms with Crippen molar-refractivity contribution < 1.29 is 9.53 Å². The van der Waals surface area contributed by atoms with E-state index in [9.17, 15) is 4.79 Å². The molecule has 2 aliphatic heterocycles. The highest BCUT2D eigenvalue weighted by Gasteiger charge is 2.33. The largest absolute Gasteiger partial charge is 0.378 e. The van der Waals surface area contributed by atoms with E-state index in [2.05, 4.69) is 28.0 Å². The van der Waals surface area contributed by atoms with E-state index in [1.165, 1.54) is 4.88 Å². The van der Waals surface area contributed by atoms with Gasteiger partial charge in [0, 0.05) is 50.7 Å². The predicted octanol–water partition coefficient (Wildman–Crippen LogP) is 3.12. The number of hydrogen-bond donors (Lipinski definition) is 0. The fraction of sp³-hybridized carbons (Fsp3) is 0.476. The molecule has 2 aromatic rings. The summed E-state index contributed by atoms with van der Waals surface area (Å²) < 4.78 is 6.27. The van der Waals surface area contributed by atoms with E-state index in [0.717, 1.165) is 42.6 Å². The van der Waals surface area contributed by atoms with E-state index < -0.39 is 0 Å². The lowest BCUT2D eigenvalue weighted by atomic mass is 10.0. The van der Waals surface area contributed by atoms with Crippen LogP contribution < -0.4 is 0 Å². The van der Waals surface area contributed by atoms with Crippen LogP contribution in [0.25, 0.3) is 0 Å². The van der Waals surface area contributed by atoms with E-state index in [4.69, 9.17) is 16.3 Å². The Morgan fingerprint density at radius 2 is 1.71 bits per heavy atom. The fourth-order valence-corrected chi connectivity index (χ4v) is 5.07. The maximum absolute atomic E-state index is 13.4. The van der Waals surface area contributed by atoms with E-state index in [0.29, 0.717) is 26.3 Å². The highest BCUT2D eigenvalue weighted by Crippen LogP contribution is 2.27. The summed E-state index contributed by atoms with van der Waals surface area (Å²) in [6, 6.07) is 14.0. The number of ether oxygens (including phenoxy) is 1. The van der Waals surface area contributed by atoms with Crippen LogP contribution in [-0.2, 0) is 16.1 Å². The molecule has 3 heterocycles. The van der Waals surface area contributed by atoms with Crippen LogP contribution in [0.3, 0.4) is 0 Å². The van der Waals surface area contributed by atoms with E-state index in [-0.39, 0.29) is 11.9 Å². The smallest absolute Gasteiger partial charge is 0.244 e. The molecule has 7 heteroatoms. The van der Waals surface area contributed by atoms with Gasteiger partial charge in [-0.1, -0.05) is 41.9 Å². The Morgan fingerprint density at radius 1 is 1.00 bits per heavy atom. The minimum absolute atomic E-state index is 0.202. The zero-order valence-corrected chi connectivity index (χ0v) is 17.5. The summed E-state index contributed by atoms with van der Waals surface area (Å²) in [5, 5.41) is 0. The number of rotatable bonds is 5. The topological polar surface area (TPSA) is 36.0 Å². The zero-order valence-electron chi connectivity index (χ0n) is 15.9. The van der Waals surface area contributed by atoms with Crippen LogP contribution in [0.4, 0.5) is 0 Å². The first kappa shape index (κ1) is 19.9. The molecule has 4 rings (SSSR count). The van der Waals surface area contributed by atoms with Crippen LogP contribution >= 0.6 is 22.9 Å². The molecule has 150 valence electrons. The van der Waals surface area contributed by atoms with E-state index >= 15 is 0 Å². The summed E-state index contributed by atoms with van der Waals surface area (Å²) in [6.07, 6.45) is 0. The third-order valence-corrected chi connectivity index (χ3v) is 6.67. The van der Waals surface area contributed by atoms with Crippen LogP contribution in [0.1, 0.15) is 16.5 Å². The molecule has 5 nitrogen and oxygen atoms in total. The number of piperazine rings is 1. The van der Waals surface area contributed by atoms with Gasteiger partial charge in [0.05, 0.1) is 17.6 Å². The number of halogens is 1. The van der Waals surface area contributed by atoms with Crippen LogP contribution in [-0.4, -0.2) is 73.1 Å². The standard InChI is InChI=1S/C21H26ClN3O2S/c22-19-7-6-18(28-19)16-23-8-10-24(11-9-23)20(17-4-2-1-3-5-17)21(26)25-12-14-27-15-13-25/h1-7,20H,8-16H2. The van der Waals surface area contributed by atoms with Gasteiger partial charge in [0.25, 0.3) is 0 Å². The molecule has 0 saturated carbocycles. The van der Waals surface area contributed by atoms with Crippen LogP contribution in [0.2, 0.25) is 4.34 Å². The Balaban J connectivity index is 1.44. The van der Waals surface area contributed by atoms with Crippen molar-refractivity contribution in [3.8, 4) is 0 Å². The van der Waals surface area contributed by atoms with Crippen molar-refractivity contribution >= 4 is 28.8 Å². The van der Waals surface area contributed by atoms with Gasteiger partial charge in [-0.25, -0.2) is 0 Å². The summed E-state index contributed by atoms with van der Waals surface area (Å²) in [7, 11) is 0. The highest BCUT2D eigenvalue weighted by atomic mass is 35.5. The number of nitrogens with zero attached hydrogens (tertiary/aromatic N) is 3. The number of carbonyl (C=O) groups excluding carboxylic acids is 1. The second-order valence-corrected chi connectivity index (χ2v) is 9.07. The van der Waals surface area contributed by atoms with Crippen molar-refractivity contribution in [1.29, 1.82) is 0 Å². The number of amides is 1. The van der Waals surface area contributed by atoms with E-state index in [1.807, 2.05) is 29.2 Å². The maximum Gasteiger partial charge on any atom is 0.244 e. The molecule has 0 aliphatic carbocycles. The quantitative estimate of drug-likeness (QED) is 0.746. The third-order valence-electron chi connectivity index (χ3n) is 5.45. The number of carbonyl (C=O) groups is 1. The third kappa shape index (κ3) is 4.75. The normalized spacial score (nSPS) is 20.2. The Labute approximate surface area is 175 Å². The van der Waals surface area contributed by atoms with Crippen molar-refractivity contribution in [1.82, 2.24) is 14.7 Å². The molecule has 1 atom stereocenters. The van der Waals surface area contributed by atoms with Gasteiger partial charge in [-0.05, 0) is 17.7 Å². The summed E-state index contributed by atoms with van der Waals surface area (Å²) in [4.78, 5) is 21.4. The van der Waals surface area contributed by atoms with Gasteiger partial charge in [0.1, 0.15) is 6.04 Å².